The van der Waals surface area contributed by atoms with Gasteiger partial charge >= 0.3 is 0 Å². The van der Waals surface area contributed by atoms with Crippen LogP contribution in [-0.2, 0) is 0 Å². The molecule has 15 heavy (non-hydrogen) atoms. The molecule has 0 radical (unpaired) electrons. The predicted octanol–water partition coefficient (Wildman–Crippen LogP) is 2.33. The van der Waals surface area contributed by atoms with E-state index in [1.54, 1.807) is 0 Å². The monoisotopic (exact) mass is 209 g/mol. The average Bonchev–Trinajstić information content (AvgIpc) is 2.25. The fourth-order valence-electron chi connectivity index (χ4n) is 1.08. The molecule has 1 aromatic carbocycles. The number of azide groups is 1. The van der Waals surface area contributed by atoms with Crippen molar-refractivity contribution in [2.24, 2.45) is 5.11 Å². The number of halogens is 1. The van der Waals surface area contributed by atoms with Gasteiger partial charge in [0, 0.05) is 4.91 Å². The van der Waals surface area contributed by atoms with Gasteiger partial charge in [-0.05, 0) is 23.7 Å². The SMILES string of the molecule is COc1ccc(F)cc1C(=O)CN=[N+]=[N-]. The lowest BCUT2D eigenvalue weighted by Gasteiger charge is -2.05. The van der Waals surface area contributed by atoms with Crippen LogP contribution >= 0.6 is 0 Å². The largest absolute Gasteiger partial charge is 0.496 e. The van der Waals surface area contributed by atoms with E-state index < -0.39 is 11.6 Å². The number of nitrogens with zero attached hydrogens (tertiary/aromatic N) is 3. The number of ether oxygens (including phenoxy) is 1. The van der Waals surface area contributed by atoms with Crippen molar-refractivity contribution in [3.8, 4) is 5.75 Å². The molecule has 5 nitrogen and oxygen atoms in total. The van der Waals surface area contributed by atoms with Crippen LogP contribution in [-0.4, -0.2) is 19.4 Å². The van der Waals surface area contributed by atoms with Crippen molar-refractivity contribution in [2.75, 3.05) is 13.7 Å². The average molecular weight is 209 g/mol. The van der Waals surface area contributed by atoms with Crippen LogP contribution in [0.2, 0.25) is 0 Å². The van der Waals surface area contributed by atoms with Gasteiger partial charge in [0.1, 0.15) is 11.6 Å². The first-order valence-electron chi connectivity index (χ1n) is 4.06. The number of ketones is 1. The molecule has 0 unspecified atom stereocenters. The van der Waals surface area contributed by atoms with Gasteiger partial charge in [0.15, 0.2) is 5.78 Å². The molecule has 0 atom stereocenters. The maximum atomic E-state index is 12.9. The molecule has 0 aliphatic heterocycles. The number of carbonyl (C=O) groups is 1. The molecule has 6 heteroatoms. The Labute approximate surface area is 85.1 Å². The minimum atomic E-state index is -0.542. The van der Waals surface area contributed by atoms with Crippen molar-refractivity contribution >= 4 is 5.78 Å². The first-order valence-corrected chi connectivity index (χ1v) is 4.06. The summed E-state index contributed by atoms with van der Waals surface area (Å²) in [5.74, 6) is -0.765. The summed E-state index contributed by atoms with van der Waals surface area (Å²) in [6, 6.07) is 3.58. The lowest BCUT2D eigenvalue weighted by atomic mass is 10.1. The van der Waals surface area contributed by atoms with Gasteiger partial charge in [-0.25, -0.2) is 4.39 Å². The van der Waals surface area contributed by atoms with Crippen LogP contribution in [0.25, 0.3) is 10.4 Å². The van der Waals surface area contributed by atoms with Crippen LogP contribution in [0, 0.1) is 5.82 Å². The predicted molar refractivity (Wildman–Crippen MR) is 51.3 cm³/mol. The molecule has 1 aromatic rings. The minimum Gasteiger partial charge on any atom is -0.496 e. The molecule has 0 heterocycles. The number of carbonyl (C=O) groups excluding carboxylic acids is 1. The molecule has 0 aromatic heterocycles. The summed E-state index contributed by atoms with van der Waals surface area (Å²) in [5.41, 5.74) is 8.12. The van der Waals surface area contributed by atoms with E-state index in [1.807, 2.05) is 0 Å². The highest BCUT2D eigenvalue weighted by atomic mass is 19.1. The van der Waals surface area contributed by atoms with E-state index >= 15 is 0 Å². The molecule has 0 spiro atoms. The van der Waals surface area contributed by atoms with Crippen LogP contribution in [0.1, 0.15) is 10.4 Å². The second-order valence-corrected chi connectivity index (χ2v) is 2.66. The number of methoxy groups -OCH3 is 1. The lowest BCUT2D eigenvalue weighted by Crippen LogP contribution is -2.05. The summed E-state index contributed by atoms with van der Waals surface area (Å²) in [6.07, 6.45) is 0. The Kier molecular flexibility index (Phi) is 3.65. The standard InChI is InChI=1S/C9H8FN3O2/c1-15-9-3-2-6(10)4-7(9)8(14)5-12-13-11/h2-4H,5H2,1H3. The van der Waals surface area contributed by atoms with E-state index in [1.165, 1.54) is 19.2 Å². The molecule has 0 aliphatic rings. The fourth-order valence-corrected chi connectivity index (χ4v) is 1.08. The third kappa shape index (κ3) is 2.69. The topological polar surface area (TPSA) is 75.1 Å². The van der Waals surface area contributed by atoms with E-state index in [2.05, 4.69) is 10.0 Å². The molecule has 0 saturated heterocycles. The minimum absolute atomic E-state index is 0.0740. The maximum Gasteiger partial charge on any atom is 0.172 e. The summed E-state index contributed by atoms with van der Waals surface area (Å²) in [7, 11) is 1.37. The second-order valence-electron chi connectivity index (χ2n) is 2.66. The highest BCUT2D eigenvalue weighted by Crippen LogP contribution is 2.19. The summed E-state index contributed by atoms with van der Waals surface area (Å²) in [4.78, 5) is 13.9. The molecule has 0 amide bonds. The van der Waals surface area contributed by atoms with Crippen LogP contribution in [0.5, 0.6) is 5.75 Å². The Balaban J connectivity index is 3.05. The third-order valence-corrected chi connectivity index (χ3v) is 1.74. The Morgan fingerprint density at radius 3 is 3.00 bits per heavy atom. The lowest BCUT2D eigenvalue weighted by molar-refractivity contribution is 0.0998. The third-order valence-electron chi connectivity index (χ3n) is 1.74. The summed E-state index contributed by atoms with van der Waals surface area (Å²) in [5, 5.41) is 3.11. The van der Waals surface area contributed by atoms with E-state index in [0.29, 0.717) is 0 Å². The van der Waals surface area contributed by atoms with E-state index in [0.717, 1.165) is 6.07 Å². The van der Waals surface area contributed by atoms with E-state index in [9.17, 15) is 9.18 Å². The molecule has 0 N–H and O–H groups in total. The molecular weight excluding hydrogens is 201 g/mol. The van der Waals surface area contributed by atoms with Crippen molar-refractivity contribution in [3.05, 3.63) is 40.0 Å². The quantitative estimate of drug-likeness (QED) is 0.330. The van der Waals surface area contributed by atoms with Gasteiger partial charge in [-0.1, -0.05) is 5.11 Å². The van der Waals surface area contributed by atoms with Crippen LogP contribution < -0.4 is 4.74 Å². The first kappa shape index (κ1) is 11.0. The zero-order chi connectivity index (χ0) is 11.3. The van der Waals surface area contributed by atoms with Gasteiger partial charge < -0.3 is 4.74 Å². The Morgan fingerprint density at radius 2 is 2.40 bits per heavy atom. The zero-order valence-electron chi connectivity index (χ0n) is 7.98. The first-order chi connectivity index (χ1) is 7.19. The van der Waals surface area contributed by atoms with Crippen molar-refractivity contribution in [1.82, 2.24) is 0 Å². The molecule has 0 bridgehead atoms. The maximum absolute atomic E-state index is 12.9. The van der Waals surface area contributed by atoms with Gasteiger partial charge in [0.25, 0.3) is 0 Å². The van der Waals surface area contributed by atoms with Crippen molar-refractivity contribution in [1.29, 1.82) is 0 Å². The number of rotatable bonds is 4. The summed E-state index contributed by atoms with van der Waals surface area (Å²) in [6.45, 7) is -0.351. The smallest absolute Gasteiger partial charge is 0.172 e. The Bertz CT molecular complexity index is 427. The molecule has 0 fully saturated rings. The highest BCUT2D eigenvalue weighted by Gasteiger charge is 2.12. The number of Topliss-reactive ketones (excluding diaryl/α,β-unsaturated/α-hetero) is 1. The number of benzene rings is 1. The van der Waals surface area contributed by atoms with Crippen LogP contribution in [0.3, 0.4) is 0 Å². The fraction of sp³-hybridized carbons (Fsp3) is 0.222. The van der Waals surface area contributed by atoms with Gasteiger partial charge in [0.05, 0.1) is 19.2 Å². The van der Waals surface area contributed by atoms with E-state index in [4.69, 9.17) is 10.3 Å². The molecular formula is C9H8FN3O2. The summed E-state index contributed by atoms with van der Waals surface area (Å²) < 4.78 is 17.7. The Hall–Kier alpha value is -2.07. The van der Waals surface area contributed by atoms with Gasteiger partial charge in [-0.15, -0.1) is 0 Å². The van der Waals surface area contributed by atoms with Crippen molar-refractivity contribution in [2.45, 2.75) is 0 Å². The molecule has 1 rings (SSSR count). The van der Waals surface area contributed by atoms with Crippen molar-refractivity contribution < 1.29 is 13.9 Å². The molecule has 0 aliphatic carbocycles. The zero-order valence-corrected chi connectivity index (χ0v) is 7.98. The number of hydrogen-bond donors (Lipinski definition) is 0. The normalized spacial score (nSPS) is 9.20. The second kappa shape index (κ2) is 4.97. The van der Waals surface area contributed by atoms with Gasteiger partial charge in [0.2, 0.25) is 0 Å². The van der Waals surface area contributed by atoms with Gasteiger partial charge in [-0.3, -0.25) is 4.79 Å². The Morgan fingerprint density at radius 1 is 1.67 bits per heavy atom. The molecule has 0 saturated carbocycles. The van der Waals surface area contributed by atoms with Crippen LogP contribution in [0.4, 0.5) is 4.39 Å². The van der Waals surface area contributed by atoms with E-state index in [-0.39, 0.29) is 17.9 Å². The number of hydrogen-bond acceptors (Lipinski definition) is 3. The molecule has 78 valence electrons. The highest BCUT2D eigenvalue weighted by molar-refractivity contribution is 6.00. The van der Waals surface area contributed by atoms with Gasteiger partial charge in [-0.2, -0.15) is 0 Å². The van der Waals surface area contributed by atoms with Crippen LogP contribution in [0.15, 0.2) is 23.3 Å². The summed E-state index contributed by atoms with van der Waals surface area (Å²) >= 11 is 0. The van der Waals surface area contributed by atoms with Crippen molar-refractivity contribution in [3.63, 3.8) is 0 Å².